The number of benzene rings is 1. The Morgan fingerprint density at radius 1 is 1.30 bits per heavy atom. The maximum Gasteiger partial charge on any atom is 0.220 e. The predicted octanol–water partition coefficient (Wildman–Crippen LogP) is 1.85. The molecular formula is C16H26N2O2. The zero-order valence-corrected chi connectivity index (χ0v) is 12.4. The average molecular weight is 278 g/mol. The van der Waals surface area contributed by atoms with E-state index in [1.54, 1.807) is 0 Å². The second-order valence-corrected chi connectivity index (χ2v) is 5.65. The van der Waals surface area contributed by atoms with Crippen molar-refractivity contribution >= 4 is 5.91 Å². The average Bonchev–Trinajstić information content (AvgIpc) is 2.44. The summed E-state index contributed by atoms with van der Waals surface area (Å²) in [5.41, 5.74) is 6.63. The molecule has 0 bridgehead atoms. The number of nitrogens with two attached hydrogens (primary N) is 1. The third kappa shape index (κ3) is 5.72. The number of amides is 1. The Labute approximate surface area is 121 Å². The maximum atomic E-state index is 12.1. The van der Waals surface area contributed by atoms with E-state index in [0.29, 0.717) is 18.9 Å². The van der Waals surface area contributed by atoms with Crippen LogP contribution in [0.2, 0.25) is 0 Å². The fraction of sp³-hybridized carbons (Fsp3) is 0.562. The largest absolute Gasteiger partial charge is 0.394 e. The predicted molar refractivity (Wildman–Crippen MR) is 81.0 cm³/mol. The topological polar surface area (TPSA) is 75.4 Å². The monoisotopic (exact) mass is 278 g/mol. The Morgan fingerprint density at radius 3 is 2.45 bits per heavy atom. The molecule has 0 heterocycles. The molecule has 0 spiro atoms. The van der Waals surface area contributed by atoms with Crippen molar-refractivity contribution in [1.82, 2.24) is 5.32 Å². The summed E-state index contributed by atoms with van der Waals surface area (Å²) in [5, 5.41) is 12.3. The van der Waals surface area contributed by atoms with E-state index in [0.717, 1.165) is 12.0 Å². The summed E-state index contributed by atoms with van der Waals surface area (Å²) in [6.07, 6.45) is 1.36. The van der Waals surface area contributed by atoms with Gasteiger partial charge in [-0.1, -0.05) is 44.2 Å². The normalized spacial score (nSPS) is 14.1. The summed E-state index contributed by atoms with van der Waals surface area (Å²) >= 11 is 0. The van der Waals surface area contributed by atoms with Crippen LogP contribution in [-0.4, -0.2) is 24.2 Å². The van der Waals surface area contributed by atoms with Gasteiger partial charge in [0, 0.05) is 6.42 Å². The molecule has 0 aliphatic rings. The lowest BCUT2D eigenvalue weighted by Gasteiger charge is -2.20. The van der Waals surface area contributed by atoms with Crippen molar-refractivity contribution in [3.63, 3.8) is 0 Å². The van der Waals surface area contributed by atoms with E-state index in [1.807, 2.05) is 30.3 Å². The van der Waals surface area contributed by atoms with Crippen LogP contribution in [0, 0.1) is 11.8 Å². The van der Waals surface area contributed by atoms with E-state index in [1.165, 1.54) is 0 Å². The van der Waals surface area contributed by atoms with Gasteiger partial charge in [0.15, 0.2) is 0 Å². The van der Waals surface area contributed by atoms with Gasteiger partial charge < -0.3 is 16.2 Å². The zero-order chi connectivity index (χ0) is 15.0. The van der Waals surface area contributed by atoms with Gasteiger partial charge in [-0.25, -0.2) is 0 Å². The lowest BCUT2D eigenvalue weighted by molar-refractivity contribution is -0.123. The number of nitrogens with one attached hydrogen (secondary N) is 1. The molecule has 1 amide bonds. The summed E-state index contributed by atoms with van der Waals surface area (Å²) in [4.78, 5) is 12.1. The van der Waals surface area contributed by atoms with Gasteiger partial charge in [-0.3, -0.25) is 4.79 Å². The molecule has 4 N–H and O–H groups in total. The molecule has 0 radical (unpaired) electrons. The van der Waals surface area contributed by atoms with Crippen LogP contribution in [0.1, 0.15) is 38.3 Å². The molecule has 1 rings (SSSR count). The molecule has 1 aromatic rings. The summed E-state index contributed by atoms with van der Waals surface area (Å²) in [5.74, 6) is 0.674. The van der Waals surface area contributed by atoms with Crippen LogP contribution in [0.3, 0.4) is 0 Å². The lowest BCUT2D eigenvalue weighted by Crippen LogP contribution is -2.33. The van der Waals surface area contributed by atoms with Crippen molar-refractivity contribution in [2.24, 2.45) is 17.6 Å². The molecule has 0 saturated carbocycles. The summed E-state index contributed by atoms with van der Waals surface area (Å²) in [6, 6.07) is 9.15. The first-order chi connectivity index (χ1) is 9.56. The van der Waals surface area contributed by atoms with E-state index in [-0.39, 0.29) is 24.5 Å². The Morgan fingerprint density at radius 2 is 1.95 bits per heavy atom. The molecule has 4 heteroatoms. The first-order valence-electron chi connectivity index (χ1n) is 7.22. The Bertz CT molecular complexity index is 393. The molecule has 112 valence electrons. The number of aliphatic hydroxyl groups excluding tert-OH is 1. The third-order valence-corrected chi connectivity index (χ3v) is 3.33. The smallest absolute Gasteiger partial charge is 0.220 e. The van der Waals surface area contributed by atoms with Crippen molar-refractivity contribution in [1.29, 1.82) is 0 Å². The van der Waals surface area contributed by atoms with Crippen molar-refractivity contribution in [2.45, 2.75) is 32.7 Å². The van der Waals surface area contributed by atoms with Crippen molar-refractivity contribution in [3.8, 4) is 0 Å². The fourth-order valence-electron chi connectivity index (χ4n) is 2.36. The highest BCUT2D eigenvalue weighted by atomic mass is 16.3. The molecule has 0 fully saturated rings. The fourth-order valence-corrected chi connectivity index (χ4v) is 2.36. The minimum absolute atomic E-state index is 0.0518. The molecule has 0 aliphatic carbocycles. The number of aliphatic hydroxyl groups is 1. The van der Waals surface area contributed by atoms with E-state index in [9.17, 15) is 9.90 Å². The van der Waals surface area contributed by atoms with Gasteiger partial charge in [-0.05, 0) is 30.4 Å². The standard InChI is InChI=1S/C16H26N2O2/c1-12(2)8-13(10-17)9-16(20)18-15(11-19)14-6-4-3-5-7-14/h3-7,12-13,15,19H,8-11,17H2,1-2H3,(H,18,20). The van der Waals surface area contributed by atoms with Gasteiger partial charge in [0.05, 0.1) is 12.6 Å². The van der Waals surface area contributed by atoms with Crippen LogP contribution in [0.25, 0.3) is 0 Å². The zero-order valence-electron chi connectivity index (χ0n) is 12.4. The Hall–Kier alpha value is -1.39. The van der Waals surface area contributed by atoms with Crippen LogP contribution in [-0.2, 0) is 4.79 Å². The number of carbonyl (C=O) groups excluding carboxylic acids is 1. The second kappa shape index (κ2) is 8.72. The number of hydrogen-bond acceptors (Lipinski definition) is 3. The highest BCUT2D eigenvalue weighted by molar-refractivity contribution is 5.76. The third-order valence-electron chi connectivity index (χ3n) is 3.33. The molecule has 1 aromatic carbocycles. The first-order valence-corrected chi connectivity index (χ1v) is 7.22. The van der Waals surface area contributed by atoms with Crippen LogP contribution in [0.15, 0.2) is 30.3 Å². The minimum atomic E-state index is -0.346. The van der Waals surface area contributed by atoms with E-state index in [2.05, 4.69) is 19.2 Å². The summed E-state index contributed by atoms with van der Waals surface area (Å²) in [6.45, 7) is 4.66. The molecule has 2 atom stereocenters. The summed E-state index contributed by atoms with van der Waals surface area (Å²) < 4.78 is 0. The van der Waals surface area contributed by atoms with Gasteiger partial charge in [0.25, 0.3) is 0 Å². The first kappa shape index (κ1) is 16.7. The number of hydrogen-bond donors (Lipinski definition) is 3. The van der Waals surface area contributed by atoms with Crippen LogP contribution in [0.4, 0.5) is 0 Å². The van der Waals surface area contributed by atoms with Crippen LogP contribution < -0.4 is 11.1 Å². The van der Waals surface area contributed by atoms with Crippen molar-refractivity contribution in [3.05, 3.63) is 35.9 Å². The molecule has 0 aliphatic heterocycles. The number of rotatable bonds is 8. The van der Waals surface area contributed by atoms with Gasteiger partial charge >= 0.3 is 0 Å². The SMILES string of the molecule is CC(C)CC(CN)CC(=O)NC(CO)c1ccccc1. The van der Waals surface area contributed by atoms with E-state index in [4.69, 9.17) is 5.73 Å². The molecular weight excluding hydrogens is 252 g/mol. The van der Waals surface area contributed by atoms with E-state index < -0.39 is 0 Å². The molecule has 20 heavy (non-hydrogen) atoms. The van der Waals surface area contributed by atoms with Crippen molar-refractivity contribution < 1.29 is 9.90 Å². The van der Waals surface area contributed by atoms with E-state index >= 15 is 0 Å². The Balaban J connectivity index is 2.55. The van der Waals surface area contributed by atoms with Gasteiger partial charge in [0.1, 0.15) is 0 Å². The molecule has 0 aromatic heterocycles. The quantitative estimate of drug-likeness (QED) is 0.679. The van der Waals surface area contributed by atoms with Crippen LogP contribution >= 0.6 is 0 Å². The molecule has 2 unspecified atom stereocenters. The van der Waals surface area contributed by atoms with Gasteiger partial charge in [-0.15, -0.1) is 0 Å². The highest BCUT2D eigenvalue weighted by Gasteiger charge is 2.17. The lowest BCUT2D eigenvalue weighted by atomic mass is 9.94. The second-order valence-electron chi connectivity index (χ2n) is 5.65. The van der Waals surface area contributed by atoms with Crippen LogP contribution in [0.5, 0.6) is 0 Å². The van der Waals surface area contributed by atoms with Gasteiger partial charge in [-0.2, -0.15) is 0 Å². The maximum absolute atomic E-state index is 12.1. The van der Waals surface area contributed by atoms with Gasteiger partial charge in [0.2, 0.25) is 5.91 Å². The number of carbonyl (C=O) groups is 1. The molecule has 4 nitrogen and oxygen atoms in total. The highest BCUT2D eigenvalue weighted by Crippen LogP contribution is 2.16. The summed E-state index contributed by atoms with van der Waals surface area (Å²) in [7, 11) is 0. The minimum Gasteiger partial charge on any atom is -0.394 e. The van der Waals surface area contributed by atoms with Crippen molar-refractivity contribution in [2.75, 3.05) is 13.2 Å². The molecule has 0 saturated heterocycles. The Kier molecular flexibility index (Phi) is 7.26.